The molecule has 0 spiro atoms. The number of nitrogens with zero attached hydrogens (tertiary/aromatic N) is 1. The van der Waals surface area contributed by atoms with Crippen molar-refractivity contribution in [3.05, 3.63) is 26.6 Å². The van der Waals surface area contributed by atoms with E-state index in [1.165, 1.54) is 0 Å². The van der Waals surface area contributed by atoms with Gasteiger partial charge in [-0.15, -0.1) is 11.3 Å². The first-order valence-corrected chi connectivity index (χ1v) is 7.88. The fourth-order valence-corrected chi connectivity index (χ4v) is 3.07. The highest BCUT2D eigenvalue weighted by Crippen LogP contribution is 2.37. The van der Waals surface area contributed by atoms with Crippen LogP contribution in [0.3, 0.4) is 0 Å². The molecule has 0 atom stereocenters. The average Bonchev–Trinajstić information content (AvgIpc) is 2.65. The first-order valence-electron chi connectivity index (χ1n) is 5.93. The Morgan fingerprint density at radius 3 is 2.52 bits per heavy atom. The number of rotatable bonds is 2. The number of ether oxygens (including phenoxy) is 1. The van der Waals surface area contributed by atoms with Crippen LogP contribution in [-0.2, 0) is 8.53 Å². The maximum absolute atomic E-state index is 12.1. The van der Waals surface area contributed by atoms with Gasteiger partial charge in [0, 0.05) is 0 Å². The van der Waals surface area contributed by atoms with Crippen molar-refractivity contribution in [2.24, 2.45) is 0 Å². The van der Waals surface area contributed by atoms with Gasteiger partial charge in [0.15, 0.2) is 5.82 Å². The van der Waals surface area contributed by atoms with Crippen molar-refractivity contribution in [1.82, 2.24) is 9.97 Å². The summed E-state index contributed by atoms with van der Waals surface area (Å²) in [5.74, 6) is -0.588. The highest BCUT2D eigenvalue weighted by Gasteiger charge is 2.29. The van der Waals surface area contributed by atoms with Gasteiger partial charge in [-0.25, -0.2) is 9.78 Å². The highest BCUT2D eigenvalue weighted by atomic mass is 35.6. The smallest absolute Gasteiger partial charge is 0.348 e. The number of hydrogen-bond acceptors (Lipinski definition) is 5. The number of aromatic amines is 1. The predicted octanol–water partition coefficient (Wildman–Crippen LogP) is 3.68. The van der Waals surface area contributed by atoms with E-state index in [0.717, 1.165) is 11.3 Å². The number of fused-ring (bicyclic) bond motifs is 1. The van der Waals surface area contributed by atoms with Crippen LogP contribution < -0.4 is 5.56 Å². The third kappa shape index (κ3) is 3.34. The van der Waals surface area contributed by atoms with Gasteiger partial charge in [0.25, 0.3) is 5.56 Å². The molecule has 0 amide bonds. The van der Waals surface area contributed by atoms with Gasteiger partial charge in [-0.05, 0) is 26.3 Å². The molecule has 0 unspecified atom stereocenters. The Bertz CT molecular complexity index is 761. The Labute approximate surface area is 139 Å². The van der Waals surface area contributed by atoms with Crippen molar-refractivity contribution in [3.8, 4) is 0 Å². The monoisotopic (exact) mass is 368 g/mol. The molecule has 0 saturated carbocycles. The number of hydrogen-bond donors (Lipinski definition) is 1. The summed E-state index contributed by atoms with van der Waals surface area (Å²) in [6.07, 6.45) is -0.259. The zero-order chi connectivity index (χ0) is 15.9. The molecule has 0 saturated heterocycles. The van der Waals surface area contributed by atoms with Crippen LogP contribution in [0.15, 0.2) is 4.79 Å². The second-order valence-electron chi connectivity index (χ2n) is 4.60. The van der Waals surface area contributed by atoms with E-state index in [1.807, 2.05) is 0 Å². The van der Waals surface area contributed by atoms with Crippen LogP contribution in [0.1, 0.15) is 34.9 Å². The molecule has 2 heterocycles. The van der Waals surface area contributed by atoms with Gasteiger partial charge >= 0.3 is 5.97 Å². The molecule has 9 heteroatoms. The second kappa shape index (κ2) is 5.76. The SMILES string of the molecule is Cc1c(C(=O)OC(C)C)sc2nc(C(Cl)(Cl)Cl)[nH]c(=O)c12. The summed E-state index contributed by atoms with van der Waals surface area (Å²) in [6, 6.07) is 0. The van der Waals surface area contributed by atoms with E-state index in [1.54, 1.807) is 20.8 Å². The van der Waals surface area contributed by atoms with Gasteiger partial charge < -0.3 is 9.72 Å². The second-order valence-corrected chi connectivity index (χ2v) is 7.88. The van der Waals surface area contributed by atoms with E-state index in [-0.39, 0.29) is 11.9 Å². The summed E-state index contributed by atoms with van der Waals surface area (Å²) in [5, 5.41) is 0.300. The van der Waals surface area contributed by atoms with Crippen molar-refractivity contribution in [1.29, 1.82) is 0 Å². The molecular formula is C12H11Cl3N2O3S. The molecule has 2 rings (SSSR count). The summed E-state index contributed by atoms with van der Waals surface area (Å²) < 4.78 is 3.29. The lowest BCUT2D eigenvalue weighted by molar-refractivity contribution is 0.0383. The Balaban J connectivity index is 2.63. The number of halogens is 3. The summed E-state index contributed by atoms with van der Waals surface area (Å²) in [5.41, 5.74) is 0.0453. The van der Waals surface area contributed by atoms with Crippen LogP contribution in [0.25, 0.3) is 10.2 Å². The zero-order valence-corrected chi connectivity index (χ0v) is 14.4. The van der Waals surface area contributed by atoms with E-state index in [0.29, 0.717) is 20.7 Å². The van der Waals surface area contributed by atoms with Crippen molar-refractivity contribution in [2.45, 2.75) is 30.7 Å². The third-order valence-electron chi connectivity index (χ3n) is 2.60. The minimum absolute atomic E-state index is 0.0879. The molecule has 114 valence electrons. The topological polar surface area (TPSA) is 72.0 Å². The van der Waals surface area contributed by atoms with E-state index >= 15 is 0 Å². The van der Waals surface area contributed by atoms with E-state index in [4.69, 9.17) is 39.5 Å². The first kappa shape index (κ1) is 16.5. The molecule has 0 aromatic carbocycles. The quantitative estimate of drug-likeness (QED) is 0.647. The molecule has 0 aliphatic heterocycles. The van der Waals surface area contributed by atoms with Gasteiger partial charge in [-0.3, -0.25) is 4.79 Å². The van der Waals surface area contributed by atoms with Crippen LogP contribution in [-0.4, -0.2) is 22.0 Å². The molecule has 2 aromatic rings. The average molecular weight is 370 g/mol. The maximum Gasteiger partial charge on any atom is 0.348 e. The number of carbonyl (C=O) groups is 1. The molecule has 2 aromatic heterocycles. The van der Waals surface area contributed by atoms with Crippen molar-refractivity contribution >= 4 is 62.3 Å². The Kier molecular flexibility index (Phi) is 4.54. The lowest BCUT2D eigenvalue weighted by atomic mass is 10.2. The minimum atomic E-state index is -1.84. The van der Waals surface area contributed by atoms with Gasteiger partial charge in [0.1, 0.15) is 9.71 Å². The van der Waals surface area contributed by atoms with Gasteiger partial charge in [-0.1, -0.05) is 34.8 Å². The molecule has 21 heavy (non-hydrogen) atoms. The van der Waals surface area contributed by atoms with Crippen molar-refractivity contribution in [2.75, 3.05) is 0 Å². The normalized spacial score (nSPS) is 12.1. The van der Waals surface area contributed by atoms with Crippen molar-refractivity contribution in [3.63, 3.8) is 0 Å². The Morgan fingerprint density at radius 2 is 2.00 bits per heavy atom. The van der Waals surface area contributed by atoms with Crippen LogP contribution >= 0.6 is 46.1 Å². The number of nitrogens with one attached hydrogen (secondary N) is 1. The third-order valence-corrected chi connectivity index (χ3v) is 4.30. The molecule has 5 nitrogen and oxygen atoms in total. The van der Waals surface area contributed by atoms with E-state index in [2.05, 4.69) is 9.97 Å². The number of alkyl halides is 3. The summed E-state index contributed by atoms with van der Waals surface area (Å²) in [6.45, 7) is 5.14. The highest BCUT2D eigenvalue weighted by molar-refractivity contribution is 7.20. The molecule has 0 aliphatic rings. The number of thiophene rings is 1. The summed E-state index contributed by atoms with van der Waals surface area (Å²) in [7, 11) is 0. The molecule has 1 N–H and O–H groups in total. The standard InChI is InChI=1S/C12H11Cl3N2O3S/c1-4(2)20-10(19)7-5(3)6-8(18)16-11(12(13,14)15)17-9(6)21-7/h4H,1-3H3,(H,16,17,18). The number of aryl methyl sites for hydroxylation is 1. The number of aromatic nitrogens is 2. The molecule has 0 aliphatic carbocycles. The minimum Gasteiger partial charge on any atom is -0.459 e. The molecule has 0 bridgehead atoms. The van der Waals surface area contributed by atoms with Crippen LogP contribution in [0.2, 0.25) is 0 Å². The van der Waals surface area contributed by atoms with E-state index in [9.17, 15) is 9.59 Å². The maximum atomic E-state index is 12.1. The van der Waals surface area contributed by atoms with Crippen LogP contribution in [0, 0.1) is 6.92 Å². The number of carbonyl (C=O) groups excluding carboxylic acids is 1. The zero-order valence-electron chi connectivity index (χ0n) is 11.3. The molecule has 0 fully saturated rings. The lowest BCUT2D eigenvalue weighted by Gasteiger charge is -2.08. The molecule has 0 radical (unpaired) electrons. The fourth-order valence-electron chi connectivity index (χ4n) is 1.74. The van der Waals surface area contributed by atoms with Gasteiger partial charge in [0.2, 0.25) is 3.79 Å². The summed E-state index contributed by atoms with van der Waals surface area (Å²) >= 11 is 18.2. The van der Waals surface area contributed by atoms with Crippen LogP contribution in [0.4, 0.5) is 0 Å². The van der Waals surface area contributed by atoms with Gasteiger partial charge in [-0.2, -0.15) is 0 Å². The largest absolute Gasteiger partial charge is 0.459 e. The fraction of sp³-hybridized carbons (Fsp3) is 0.417. The lowest BCUT2D eigenvalue weighted by Crippen LogP contribution is -2.17. The van der Waals surface area contributed by atoms with Crippen LogP contribution in [0.5, 0.6) is 0 Å². The number of esters is 1. The van der Waals surface area contributed by atoms with E-state index < -0.39 is 15.3 Å². The number of H-pyrrole nitrogens is 1. The first-order chi connectivity index (χ1) is 9.61. The summed E-state index contributed by atoms with van der Waals surface area (Å²) in [4.78, 5) is 31.3. The van der Waals surface area contributed by atoms with Crippen molar-refractivity contribution < 1.29 is 9.53 Å². The Hall–Kier alpha value is -0.820. The Morgan fingerprint density at radius 1 is 1.38 bits per heavy atom. The predicted molar refractivity (Wildman–Crippen MR) is 84.8 cm³/mol. The van der Waals surface area contributed by atoms with Gasteiger partial charge in [0.05, 0.1) is 11.5 Å². The molecular weight excluding hydrogens is 359 g/mol.